The molecule has 186 valence electrons. The van der Waals surface area contributed by atoms with E-state index in [0.717, 1.165) is 85.4 Å². The van der Waals surface area contributed by atoms with Gasteiger partial charge in [-0.05, 0) is 86.4 Å². The van der Waals surface area contributed by atoms with E-state index in [1.54, 1.807) is 0 Å². The van der Waals surface area contributed by atoms with Gasteiger partial charge in [0, 0.05) is 55.7 Å². The summed E-state index contributed by atoms with van der Waals surface area (Å²) in [5, 5.41) is 0. The van der Waals surface area contributed by atoms with Crippen molar-refractivity contribution in [3.63, 3.8) is 0 Å². The fourth-order valence-electron chi connectivity index (χ4n) is 6.13. The highest BCUT2D eigenvalue weighted by Crippen LogP contribution is 2.45. The summed E-state index contributed by atoms with van der Waals surface area (Å²) < 4.78 is 16.3. The zero-order valence-corrected chi connectivity index (χ0v) is 21.0. The molecule has 0 bridgehead atoms. The average Bonchev–Trinajstić information content (AvgIpc) is 3.16. The first-order valence-corrected chi connectivity index (χ1v) is 12.8. The standard InChI is InChI=1S/C29H35NO5/c1-4-30(23-7-11-34-12-8-23)26-17-22(16-24(19(26)2)28(32)33-3)20-5-6-21-18-29(9-13-35-14-10-29)27(31)25(21)15-20/h5-6,15-17,23H,4,7-14,18H2,1-3H3. The van der Waals surface area contributed by atoms with Crippen LogP contribution in [-0.2, 0) is 20.6 Å². The lowest BCUT2D eigenvalue weighted by molar-refractivity contribution is 0.0205. The number of carbonyl (C=O) groups is 2. The van der Waals surface area contributed by atoms with Gasteiger partial charge in [-0.1, -0.05) is 12.1 Å². The molecule has 5 rings (SSSR count). The quantitative estimate of drug-likeness (QED) is 0.566. The highest BCUT2D eigenvalue weighted by molar-refractivity contribution is 6.06. The van der Waals surface area contributed by atoms with Crippen molar-refractivity contribution in [2.24, 2.45) is 5.41 Å². The summed E-state index contributed by atoms with van der Waals surface area (Å²) in [4.78, 5) is 28.7. The lowest BCUT2D eigenvalue weighted by Crippen LogP contribution is -2.40. The Morgan fingerprint density at radius 2 is 1.77 bits per heavy atom. The van der Waals surface area contributed by atoms with Crippen molar-refractivity contribution in [3.8, 4) is 11.1 Å². The Labute approximate surface area is 207 Å². The van der Waals surface area contributed by atoms with E-state index in [1.165, 1.54) is 7.11 Å². The van der Waals surface area contributed by atoms with Crippen molar-refractivity contribution in [1.29, 1.82) is 0 Å². The monoisotopic (exact) mass is 477 g/mol. The van der Waals surface area contributed by atoms with E-state index in [-0.39, 0.29) is 17.2 Å². The van der Waals surface area contributed by atoms with Gasteiger partial charge in [-0.15, -0.1) is 0 Å². The molecule has 1 spiro atoms. The van der Waals surface area contributed by atoms with Crippen LogP contribution in [0.2, 0.25) is 0 Å². The number of benzene rings is 2. The number of fused-ring (bicyclic) bond motifs is 1. The van der Waals surface area contributed by atoms with Crippen LogP contribution in [0, 0.1) is 12.3 Å². The first-order chi connectivity index (χ1) is 17.0. The number of Topliss-reactive ketones (excluding diaryl/α,β-unsaturated/α-hetero) is 1. The van der Waals surface area contributed by atoms with Gasteiger partial charge in [0.25, 0.3) is 0 Å². The highest BCUT2D eigenvalue weighted by atomic mass is 16.5. The summed E-state index contributed by atoms with van der Waals surface area (Å²) in [6, 6.07) is 10.7. The molecule has 2 aliphatic heterocycles. The molecular weight excluding hydrogens is 442 g/mol. The summed E-state index contributed by atoms with van der Waals surface area (Å²) in [5.41, 5.74) is 6.06. The number of anilines is 1. The van der Waals surface area contributed by atoms with Gasteiger partial charge in [0.2, 0.25) is 0 Å². The number of hydrogen-bond donors (Lipinski definition) is 0. The predicted octanol–water partition coefficient (Wildman–Crippen LogP) is 4.99. The molecule has 2 aromatic carbocycles. The van der Waals surface area contributed by atoms with Crippen LogP contribution in [0.25, 0.3) is 11.1 Å². The lowest BCUT2D eigenvalue weighted by Gasteiger charge is -2.37. The third kappa shape index (κ3) is 4.27. The van der Waals surface area contributed by atoms with Crippen LogP contribution in [0.4, 0.5) is 5.69 Å². The largest absolute Gasteiger partial charge is 0.465 e. The molecule has 0 aromatic heterocycles. The second kappa shape index (κ2) is 9.75. The Hall–Kier alpha value is -2.70. The van der Waals surface area contributed by atoms with Gasteiger partial charge in [0.1, 0.15) is 0 Å². The van der Waals surface area contributed by atoms with E-state index >= 15 is 0 Å². The number of esters is 1. The van der Waals surface area contributed by atoms with Crippen LogP contribution in [0.1, 0.15) is 64.4 Å². The molecule has 1 aliphatic carbocycles. The van der Waals surface area contributed by atoms with Gasteiger partial charge in [-0.3, -0.25) is 4.79 Å². The molecular formula is C29H35NO5. The molecule has 0 unspecified atom stereocenters. The number of rotatable bonds is 5. The van der Waals surface area contributed by atoms with Crippen LogP contribution in [0.3, 0.4) is 0 Å². The van der Waals surface area contributed by atoms with E-state index in [1.807, 2.05) is 19.1 Å². The van der Waals surface area contributed by atoms with E-state index in [4.69, 9.17) is 14.2 Å². The second-order valence-corrected chi connectivity index (χ2v) is 10.1. The molecule has 2 fully saturated rings. The van der Waals surface area contributed by atoms with Crippen molar-refractivity contribution in [2.75, 3.05) is 45.0 Å². The van der Waals surface area contributed by atoms with Crippen molar-refractivity contribution < 1.29 is 23.8 Å². The Morgan fingerprint density at radius 1 is 1.06 bits per heavy atom. The van der Waals surface area contributed by atoms with Gasteiger partial charge in [0.15, 0.2) is 5.78 Å². The van der Waals surface area contributed by atoms with E-state index < -0.39 is 0 Å². The Bertz CT molecular complexity index is 1130. The molecule has 0 radical (unpaired) electrons. The van der Waals surface area contributed by atoms with Crippen molar-refractivity contribution >= 4 is 17.4 Å². The molecule has 0 saturated carbocycles. The molecule has 2 saturated heterocycles. The first-order valence-electron chi connectivity index (χ1n) is 12.8. The maximum atomic E-state index is 13.5. The topological polar surface area (TPSA) is 65.1 Å². The molecule has 6 nitrogen and oxygen atoms in total. The molecule has 0 N–H and O–H groups in total. The van der Waals surface area contributed by atoms with Crippen molar-refractivity contribution in [1.82, 2.24) is 0 Å². The summed E-state index contributed by atoms with van der Waals surface area (Å²) in [5.74, 6) is -0.0948. The minimum absolute atomic E-state index is 0.246. The predicted molar refractivity (Wildman–Crippen MR) is 135 cm³/mol. The minimum Gasteiger partial charge on any atom is -0.465 e. The summed E-state index contributed by atoms with van der Waals surface area (Å²) >= 11 is 0. The molecule has 3 aliphatic rings. The molecule has 6 heteroatoms. The molecule has 0 atom stereocenters. The van der Waals surface area contributed by atoms with Crippen LogP contribution < -0.4 is 4.90 Å². The number of ketones is 1. The lowest BCUT2D eigenvalue weighted by atomic mass is 9.77. The molecule has 2 aromatic rings. The van der Waals surface area contributed by atoms with Crippen LogP contribution in [-0.4, -0.2) is 57.9 Å². The highest BCUT2D eigenvalue weighted by Gasteiger charge is 2.46. The van der Waals surface area contributed by atoms with E-state index in [9.17, 15) is 9.59 Å². The summed E-state index contributed by atoms with van der Waals surface area (Å²) in [6.45, 7) is 7.79. The zero-order chi connectivity index (χ0) is 24.6. The zero-order valence-electron chi connectivity index (χ0n) is 21.0. The van der Waals surface area contributed by atoms with Gasteiger partial charge in [0.05, 0.1) is 12.7 Å². The Kier molecular flexibility index (Phi) is 6.69. The number of methoxy groups -OCH3 is 1. The van der Waals surface area contributed by atoms with Crippen LogP contribution in [0.15, 0.2) is 30.3 Å². The normalized spacial score (nSPS) is 19.6. The van der Waals surface area contributed by atoms with Crippen molar-refractivity contribution in [2.45, 2.75) is 52.0 Å². The Balaban J connectivity index is 1.57. The van der Waals surface area contributed by atoms with Gasteiger partial charge >= 0.3 is 5.97 Å². The molecule has 35 heavy (non-hydrogen) atoms. The molecule has 2 heterocycles. The maximum Gasteiger partial charge on any atom is 0.338 e. The second-order valence-electron chi connectivity index (χ2n) is 10.1. The summed E-state index contributed by atoms with van der Waals surface area (Å²) in [7, 11) is 1.42. The third-order valence-corrected chi connectivity index (χ3v) is 8.22. The number of carbonyl (C=O) groups excluding carboxylic acids is 2. The average molecular weight is 478 g/mol. The number of ether oxygens (including phenoxy) is 3. The van der Waals surface area contributed by atoms with Gasteiger partial charge in [-0.25, -0.2) is 4.79 Å². The van der Waals surface area contributed by atoms with Crippen molar-refractivity contribution in [3.05, 3.63) is 52.6 Å². The smallest absolute Gasteiger partial charge is 0.338 e. The fraction of sp³-hybridized carbons (Fsp3) is 0.517. The third-order valence-electron chi connectivity index (χ3n) is 8.22. The Morgan fingerprint density at radius 3 is 2.46 bits per heavy atom. The number of nitrogens with zero attached hydrogens (tertiary/aromatic N) is 1. The summed E-state index contributed by atoms with van der Waals surface area (Å²) in [6.07, 6.45) is 4.29. The maximum absolute atomic E-state index is 13.5. The fourth-order valence-corrected chi connectivity index (χ4v) is 6.13. The van der Waals surface area contributed by atoms with Crippen LogP contribution in [0.5, 0.6) is 0 Å². The van der Waals surface area contributed by atoms with E-state index in [2.05, 4.69) is 30.0 Å². The molecule has 0 amide bonds. The van der Waals surface area contributed by atoms with Crippen LogP contribution >= 0.6 is 0 Å². The number of hydrogen-bond acceptors (Lipinski definition) is 6. The van der Waals surface area contributed by atoms with Gasteiger partial charge < -0.3 is 19.1 Å². The minimum atomic E-state index is -0.341. The van der Waals surface area contributed by atoms with Gasteiger partial charge in [-0.2, -0.15) is 0 Å². The first kappa shape index (κ1) is 24.0. The SMILES string of the molecule is CCN(c1cc(-c2ccc3c(c2)C(=O)C2(CCOCC2)C3)cc(C(=O)OC)c1C)C1CCOCC1. The van der Waals surface area contributed by atoms with E-state index in [0.29, 0.717) is 24.8 Å².